The van der Waals surface area contributed by atoms with Gasteiger partial charge in [0.05, 0.1) is 12.0 Å². The standard InChI is InChI=1S/C19H13FN2O4/c20-15-7-3-1-5-13(15)18-9-12(21-26-18)11-24-19(23)10-16-14-6-2-4-8-17(14)25-22-16/h1-9H,10-11H2. The summed E-state index contributed by atoms with van der Waals surface area (Å²) in [5.74, 6) is -0.610. The van der Waals surface area contributed by atoms with Crippen LogP contribution in [0.15, 0.2) is 63.6 Å². The van der Waals surface area contributed by atoms with E-state index in [1.807, 2.05) is 18.2 Å². The van der Waals surface area contributed by atoms with E-state index in [1.54, 1.807) is 24.3 Å². The number of carbonyl (C=O) groups excluding carboxylic acids is 1. The van der Waals surface area contributed by atoms with E-state index in [0.29, 0.717) is 22.5 Å². The Morgan fingerprint density at radius 1 is 1.04 bits per heavy atom. The number of nitrogens with zero attached hydrogens (tertiary/aromatic N) is 2. The summed E-state index contributed by atoms with van der Waals surface area (Å²) in [6.45, 7) is -0.0768. The number of esters is 1. The zero-order valence-corrected chi connectivity index (χ0v) is 13.5. The fourth-order valence-electron chi connectivity index (χ4n) is 2.58. The maximum Gasteiger partial charge on any atom is 0.312 e. The third-order valence-corrected chi connectivity index (χ3v) is 3.84. The van der Waals surface area contributed by atoms with Gasteiger partial charge in [0.15, 0.2) is 11.3 Å². The van der Waals surface area contributed by atoms with Crippen molar-refractivity contribution in [1.29, 1.82) is 0 Å². The van der Waals surface area contributed by atoms with E-state index in [9.17, 15) is 9.18 Å². The van der Waals surface area contributed by atoms with Crippen LogP contribution in [-0.2, 0) is 22.6 Å². The van der Waals surface area contributed by atoms with Gasteiger partial charge in [-0.15, -0.1) is 0 Å². The Morgan fingerprint density at radius 2 is 1.85 bits per heavy atom. The van der Waals surface area contributed by atoms with Gasteiger partial charge in [-0.2, -0.15) is 0 Å². The number of benzene rings is 2. The Kier molecular flexibility index (Phi) is 4.18. The van der Waals surface area contributed by atoms with Gasteiger partial charge in [0, 0.05) is 11.5 Å². The lowest BCUT2D eigenvalue weighted by Gasteiger charge is -2.00. The molecule has 0 spiro atoms. The van der Waals surface area contributed by atoms with Crippen LogP contribution in [-0.4, -0.2) is 16.3 Å². The van der Waals surface area contributed by atoms with Crippen molar-refractivity contribution in [2.45, 2.75) is 13.0 Å². The number of ether oxygens (including phenoxy) is 1. The number of hydrogen-bond acceptors (Lipinski definition) is 6. The van der Waals surface area contributed by atoms with Crippen LogP contribution in [0.25, 0.3) is 22.3 Å². The van der Waals surface area contributed by atoms with Crippen molar-refractivity contribution < 1.29 is 23.0 Å². The van der Waals surface area contributed by atoms with Gasteiger partial charge in [0.2, 0.25) is 0 Å². The van der Waals surface area contributed by atoms with Gasteiger partial charge in [-0.25, -0.2) is 4.39 Å². The van der Waals surface area contributed by atoms with Crippen molar-refractivity contribution in [1.82, 2.24) is 10.3 Å². The molecule has 0 aliphatic rings. The van der Waals surface area contributed by atoms with Gasteiger partial charge in [-0.05, 0) is 24.3 Å². The van der Waals surface area contributed by atoms with Crippen molar-refractivity contribution in [3.05, 3.63) is 71.8 Å². The molecule has 130 valence electrons. The molecule has 4 rings (SSSR count). The van der Waals surface area contributed by atoms with Crippen LogP contribution in [0.2, 0.25) is 0 Å². The number of hydrogen-bond donors (Lipinski definition) is 0. The molecule has 0 atom stereocenters. The van der Waals surface area contributed by atoms with E-state index in [4.69, 9.17) is 13.8 Å². The second-order valence-corrected chi connectivity index (χ2v) is 5.63. The number of carbonyl (C=O) groups is 1. The molecular formula is C19H13FN2O4. The second kappa shape index (κ2) is 6.79. The van der Waals surface area contributed by atoms with Crippen molar-refractivity contribution in [2.24, 2.45) is 0 Å². The van der Waals surface area contributed by atoms with Crippen molar-refractivity contribution in [3.63, 3.8) is 0 Å². The van der Waals surface area contributed by atoms with Gasteiger partial charge in [-0.1, -0.05) is 34.6 Å². The van der Waals surface area contributed by atoms with E-state index in [0.717, 1.165) is 5.39 Å². The number of rotatable bonds is 5. The highest BCUT2D eigenvalue weighted by Gasteiger charge is 2.15. The van der Waals surface area contributed by atoms with Crippen molar-refractivity contribution in [2.75, 3.05) is 0 Å². The molecular weight excluding hydrogens is 339 g/mol. The molecule has 0 N–H and O–H groups in total. The molecule has 0 aliphatic carbocycles. The van der Waals surface area contributed by atoms with E-state index >= 15 is 0 Å². The van der Waals surface area contributed by atoms with Gasteiger partial charge in [0.1, 0.15) is 23.8 Å². The molecule has 7 heteroatoms. The smallest absolute Gasteiger partial charge is 0.312 e. The summed E-state index contributed by atoms with van der Waals surface area (Å²) in [5.41, 5.74) is 1.81. The molecule has 0 saturated carbocycles. The summed E-state index contributed by atoms with van der Waals surface area (Å²) in [5, 5.41) is 8.46. The largest absolute Gasteiger partial charge is 0.459 e. The molecule has 0 fully saturated rings. The molecule has 0 aliphatic heterocycles. The molecule has 2 aromatic carbocycles. The average molecular weight is 352 g/mol. The highest BCUT2D eigenvalue weighted by Crippen LogP contribution is 2.23. The number of halogens is 1. The highest BCUT2D eigenvalue weighted by atomic mass is 19.1. The fraction of sp³-hybridized carbons (Fsp3) is 0.105. The lowest BCUT2D eigenvalue weighted by Crippen LogP contribution is -2.08. The maximum atomic E-state index is 13.7. The van der Waals surface area contributed by atoms with Crippen LogP contribution >= 0.6 is 0 Å². The zero-order valence-electron chi connectivity index (χ0n) is 13.5. The second-order valence-electron chi connectivity index (χ2n) is 5.63. The average Bonchev–Trinajstić information content (AvgIpc) is 3.28. The summed E-state index contributed by atoms with van der Waals surface area (Å²) in [4.78, 5) is 12.0. The molecule has 4 aromatic rings. The minimum atomic E-state index is -0.473. The first-order valence-electron chi connectivity index (χ1n) is 7.90. The SMILES string of the molecule is O=C(Cc1noc2ccccc12)OCc1cc(-c2ccccc2F)on1. The maximum absolute atomic E-state index is 13.7. The predicted octanol–water partition coefficient (Wildman–Crippen LogP) is 3.91. The minimum Gasteiger partial charge on any atom is -0.459 e. The lowest BCUT2D eigenvalue weighted by molar-refractivity contribution is -0.144. The quantitative estimate of drug-likeness (QED) is 0.507. The fourth-order valence-corrected chi connectivity index (χ4v) is 2.58. The highest BCUT2D eigenvalue weighted by molar-refractivity contribution is 5.84. The first-order valence-corrected chi connectivity index (χ1v) is 7.90. The van der Waals surface area contributed by atoms with Crippen LogP contribution in [0.4, 0.5) is 4.39 Å². The van der Waals surface area contributed by atoms with E-state index in [1.165, 1.54) is 12.1 Å². The molecule has 2 aromatic heterocycles. The van der Waals surface area contributed by atoms with Gasteiger partial charge >= 0.3 is 5.97 Å². The summed E-state index contributed by atoms with van der Waals surface area (Å²) in [7, 11) is 0. The van der Waals surface area contributed by atoms with E-state index < -0.39 is 11.8 Å². The Balaban J connectivity index is 1.40. The molecule has 6 nitrogen and oxygen atoms in total. The van der Waals surface area contributed by atoms with Crippen LogP contribution in [0.1, 0.15) is 11.4 Å². The Hall–Kier alpha value is -3.48. The van der Waals surface area contributed by atoms with Crippen molar-refractivity contribution in [3.8, 4) is 11.3 Å². The van der Waals surface area contributed by atoms with Crippen LogP contribution in [0, 0.1) is 5.82 Å². The molecule has 0 unspecified atom stereocenters. The monoisotopic (exact) mass is 352 g/mol. The third kappa shape index (κ3) is 3.19. The first kappa shape index (κ1) is 16.0. The first-order chi connectivity index (χ1) is 12.7. The number of fused-ring (bicyclic) bond motifs is 1. The Bertz CT molecular complexity index is 1070. The third-order valence-electron chi connectivity index (χ3n) is 3.84. The normalized spacial score (nSPS) is 11.0. The summed E-state index contributed by atoms with van der Waals surface area (Å²) >= 11 is 0. The topological polar surface area (TPSA) is 78.4 Å². The van der Waals surface area contributed by atoms with Gasteiger partial charge in [0.25, 0.3) is 0 Å². The van der Waals surface area contributed by atoms with Crippen LogP contribution < -0.4 is 0 Å². The molecule has 0 amide bonds. The summed E-state index contributed by atoms with van der Waals surface area (Å²) in [6.07, 6.45) is -0.0188. The molecule has 0 bridgehead atoms. The predicted molar refractivity (Wildman–Crippen MR) is 89.4 cm³/mol. The molecule has 0 radical (unpaired) electrons. The molecule has 0 saturated heterocycles. The Labute approximate surface area is 147 Å². The van der Waals surface area contributed by atoms with Gasteiger partial charge < -0.3 is 13.8 Å². The minimum absolute atomic E-state index is 0.0188. The lowest BCUT2D eigenvalue weighted by atomic mass is 10.1. The summed E-state index contributed by atoms with van der Waals surface area (Å²) in [6, 6.07) is 15.0. The molecule has 2 heterocycles. The Morgan fingerprint density at radius 3 is 2.73 bits per heavy atom. The van der Waals surface area contributed by atoms with E-state index in [-0.39, 0.29) is 18.8 Å². The zero-order chi connectivity index (χ0) is 17.9. The van der Waals surface area contributed by atoms with Crippen LogP contribution in [0.5, 0.6) is 0 Å². The molecule has 26 heavy (non-hydrogen) atoms. The van der Waals surface area contributed by atoms with Crippen LogP contribution in [0.3, 0.4) is 0 Å². The van der Waals surface area contributed by atoms with E-state index in [2.05, 4.69) is 10.3 Å². The number of para-hydroxylation sites is 1. The van der Waals surface area contributed by atoms with Gasteiger partial charge in [-0.3, -0.25) is 4.79 Å². The van der Waals surface area contributed by atoms with Crippen molar-refractivity contribution >= 4 is 16.9 Å². The number of aromatic nitrogens is 2. The summed E-state index contributed by atoms with van der Waals surface area (Å²) < 4.78 is 29.2.